The average Bonchev–Trinajstić information content (AvgIpc) is 2.30. The number of rotatable bonds is 3. The predicted octanol–water partition coefficient (Wildman–Crippen LogP) is 2.45. The summed E-state index contributed by atoms with van der Waals surface area (Å²) < 4.78 is 0. The van der Waals surface area contributed by atoms with Crippen molar-refractivity contribution in [2.24, 2.45) is 0 Å². The van der Waals surface area contributed by atoms with Gasteiger partial charge in [0, 0.05) is 6.54 Å². The standard InChI is InChI=1S/C13H12N2/c14-8-9-15-10-12-6-3-5-11-4-1-2-7-13(11)12/h1-7,15H,9-10H2. The molecule has 0 amide bonds. The van der Waals surface area contributed by atoms with Crippen LogP contribution in [0.25, 0.3) is 10.8 Å². The Morgan fingerprint density at radius 3 is 2.73 bits per heavy atom. The van der Waals surface area contributed by atoms with E-state index in [0.29, 0.717) is 6.54 Å². The molecule has 0 spiro atoms. The maximum atomic E-state index is 8.45. The van der Waals surface area contributed by atoms with E-state index in [9.17, 15) is 0 Å². The molecule has 15 heavy (non-hydrogen) atoms. The van der Waals surface area contributed by atoms with Crippen LogP contribution in [-0.2, 0) is 6.54 Å². The molecule has 2 aromatic carbocycles. The lowest BCUT2D eigenvalue weighted by Gasteiger charge is -2.05. The summed E-state index contributed by atoms with van der Waals surface area (Å²) >= 11 is 0. The minimum absolute atomic E-state index is 0.392. The SMILES string of the molecule is N#CCNCc1cccc2ccccc12. The van der Waals surface area contributed by atoms with Gasteiger partial charge in [0.05, 0.1) is 12.6 Å². The minimum atomic E-state index is 0.392. The van der Waals surface area contributed by atoms with Gasteiger partial charge in [-0.3, -0.25) is 0 Å². The van der Waals surface area contributed by atoms with Crippen molar-refractivity contribution in [1.82, 2.24) is 5.32 Å². The lowest BCUT2D eigenvalue weighted by Crippen LogP contribution is -2.13. The van der Waals surface area contributed by atoms with Gasteiger partial charge in [0.2, 0.25) is 0 Å². The molecule has 2 heteroatoms. The summed E-state index contributed by atoms with van der Waals surface area (Å²) in [7, 11) is 0. The van der Waals surface area contributed by atoms with Gasteiger partial charge in [-0.05, 0) is 16.3 Å². The topological polar surface area (TPSA) is 35.8 Å². The van der Waals surface area contributed by atoms with Crippen molar-refractivity contribution in [3.05, 3.63) is 48.0 Å². The summed E-state index contributed by atoms with van der Waals surface area (Å²) in [5.41, 5.74) is 1.24. The smallest absolute Gasteiger partial charge is 0.0843 e. The third kappa shape index (κ3) is 2.15. The maximum absolute atomic E-state index is 8.45. The molecule has 0 saturated heterocycles. The second kappa shape index (κ2) is 4.59. The highest BCUT2D eigenvalue weighted by Crippen LogP contribution is 2.17. The van der Waals surface area contributed by atoms with Crippen LogP contribution in [0, 0.1) is 11.3 Å². The van der Waals surface area contributed by atoms with E-state index in [2.05, 4.69) is 35.7 Å². The molecule has 2 aromatic rings. The van der Waals surface area contributed by atoms with Crippen molar-refractivity contribution in [2.75, 3.05) is 6.54 Å². The molecule has 1 N–H and O–H groups in total. The molecule has 0 fully saturated rings. The Morgan fingerprint density at radius 2 is 1.87 bits per heavy atom. The van der Waals surface area contributed by atoms with E-state index in [1.165, 1.54) is 16.3 Å². The zero-order valence-corrected chi connectivity index (χ0v) is 8.40. The summed E-state index contributed by atoms with van der Waals surface area (Å²) in [6.07, 6.45) is 0. The monoisotopic (exact) mass is 196 g/mol. The lowest BCUT2D eigenvalue weighted by molar-refractivity contribution is 0.770. The number of nitriles is 1. The molecule has 0 atom stereocenters. The van der Waals surface area contributed by atoms with Gasteiger partial charge in [-0.2, -0.15) is 5.26 Å². The van der Waals surface area contributed by atoms with Crippen LogP contribution in [0.15, 0.2) is 42.5 Å². The van der Waals surface area contributed by atoms with Gasteiger partial charge < -0.3 is 5.32 Å². The summed E-state index contributed by atoms with van der Waals surface area (Å²) in [6.45, 7) is 1.14. The average molecular weight is 196 g/mol. The quantitative estimate of drug-likeness (QED) is 0.604. The maximum Gasteiger partial charge on any atom is 0.0843 e. The Hall–Kier alpha value is -1.85. The first-order valence-corrected chi connectivity index (χ1v) is 4.96. The van der Waals surface area contributed by atoms with E-state index in [-0.39, 0.29) is 0 Å². The van der Waals surface area contributed by atoms with Gasteiger partial charge in [-0.1, -0.05) is 42.5 Å². The van der Waals surface area contributed by atoms with E-state index >= 15 is 0 Å². The van der Waals surface area contributed by atoms with E-state index < -0.39 is 0 Å². The van der Waals surface area contributed by atoms with E-state index in [1.807, 2.05) is 18.2 Å². The van der Waals surface area contributed by atoms with E-state index in [4.69, 9.17) is 5.26 Å². The molecule has 0 unspecified atom stereocenters. The van der Waals surface area contributed by atoms with Crippen LogP contribution in [0.4, 0.5) is 0 Å². The number of benzene rings is 2. The first kappa shape index (κ1) is 9.70. The molecule has 2 rings (SSSR count). The highest BCUT2D eigenvalue weighted by molar-refractivity contribution is 5.85. The second-order valence-electron chi connectivity index (χ2n) is 3.40. The van der Waals surface area contributed by atoms with Crippen LogP contribution in [0.2, 0.25) is 0 Å². The fraction of sp³-hybridized carbons (Fsp3) is 0.154. The molecule has 0 aromatic heterocycles. The molecule has 0 aliphatic carbocycles. The Balaban J connectivity index is 2.31. The summed E-state index contributed by atoms with van der Waals surface area (Å²) in [4.78, 5) is 0. The molecular formula is C13H12N2. The molecule has 0 aliphatic rings. The van der Waals surface area contributed by atoms with Gasteiger partial charge in [0.1, 0.15) is 0 Å². The second-order valence-corrected chi connectivity index (χ2v) is 3.40. The molecular weight excluding hydrogens is 184 g/mol. The number of hydrogen-bond acceptors (Lipinski definition) is 2. The Labute approximate surface area is 89.2 Å². The van der Waals surface area contributed by atoms with Crippen LogP contribution >= 0.6 is 0 Å². The Kier molecular flexibility index (Phi) is 2.96. The first-order valence-electron chi connectivity index (χ1n) is 4.96. The summed E-state index contributed by atoms with van der Waals surface area (Å²) in [5, 5.41) is 14.0. The fourth-order valence-corrected chi connectivity index (χ4v) is 1.70. The zero-order valence-electron chi connectivity index (χ0n) is 8.40. The minimum Gasteiger partial charge on any atom is -0.300 e. The molecule has 74 valence electrons. The third-order valence-corrected chi connectivity index (χ3v) is 2.40. The highest BCUT2D eigenvalue weighted by Gasteiger charge is 1.98. The Bertz CT molecular complexity index is 492. The molecule has 2 nitrogen and oxygen atoms in total. The van der Waals surface area contributed by atoms with Crippen molar-refractivity contribution in [2.45, 2.75) is 6.54 Å². The molecule has 0 bridgehead atoms. The molecule has 0 heterocycles. The van der Waals surface area contributed by atoms with Crippen LogP contribution in [-0.4, -0.2) is 6.54 Å². The number of nitrogens with one attached hydrogen (secondary N) is 1. The number of hydrogen-bond donors (Lipinski definition) is 1. The number of nitrogens with zero attached hydrogens (tertiary/aromatic N) is 1. The highest BCUT2D eigenvalue weighted by atomic mass is 14.8. The number of fused-ring (bicyclic) bond motifs is 1. The van der Waals surface area contributed by atoms with Gasteiger partial charge in [-0.25, -0.2) is 0 Å². The van der Waals surface area contributed by atoms with Gasteiger partial charge >= 0.3 is 0 Å². The molecule has 0 radical (unpaired) electrons. The van der Waals surface area contributed by atoms with Gasteiger partial charge in [0.25, 0.3) is 0 Å². The van der Waals surface area contributed by atoms with Crippen molar-refractivity contribution >= 4 is 10.8 Å². The van der Waals surface area contributed by atoms with E-state index in [1.54, 1.807) is 0 Å². The lowest BCUT2D eigenvalue weighted by atomic mass is 10.0. The largest absolute Gasteiger partial charge is 0.300 e. The Morgan fingerprint density at radius 1 is 1.07 bits per heavy atom. The molecule has 0 saturated carbocycles. The predicted molar refractivity (Wildman–Crippen MR) is 61.3 cm³/mol. The normalized spacial score (nSPS) is 10.1. The van der Waals surface area contributed by atoms with Crippen LogP contribution in [0.1, 0.15) is 5.56 Å². The van der Waals surface area contributed by atoms with Crippen molar-refractivity contribution in [1.29, 1.82) is 5.26 Å². The molecule has 0 aliphatic heterocycles. The zero-order chi connectivity index (χ0) is 10.5. The van der Waals surface area contributed by atoms with E-state index in [0.717, 1.165) is 6.54 Å². The van der Waals surface area contributed by atoms with Gasteiger partial charge in [-0.15, -0.1) is 0 Å². The third-order valence-electron chi connectivity index (χ3n) is 2.40. The van der Waals surface area contributed by atoms with Crippen LogP contribution < -0.4 is 5.32 Å². The summed E-state index contributed by atoms with van der Waals surface area (Å²) in [5.74, 6) is 0. The summed E-state index contributed by atoms with van der Waals surface area (Å²) in [6, 6.07) is 16.6. The van der Waals surface area contributed by atoms with Crippen molar-refractivity contribution < 1.29 is 0 Å². The van der Waals surface area contributed by atoms with Gasteiger partial charge in [0.15, 0.2) is 0 Å². The fourth-order valence-electron chi connectivity index (χ4n) is 1.70. The van der Waals surface area contributed by atoms with Crippen LogP contribution in [0.3, 0.4) is 0 Å². The van der Waals surface area contributed by atoms with Crippen molar-refractivity contribution in [3.8, 4) is 6.07 Å². The van der Waals surface area contributed by atoms with Crippen molar-refractivity contribution in [3.63, 3.8) is 0 Å². The first-order chi connectivity index (χ1) is 7.42. The van der Waals surface area contributed by atoms with Crippen LogP contribution in [0.5, 0.6) is 0 Å².